The summed E-state index contributed by atoms with van der Waals surface area (Å²) >= 11 is 0. The van der Waals surface area contributed by atoms with Gasteiger partial charge in [-0.1, -0.05) is 26.2 Å². The summed E-state index contributed by atoms with van der Waals surface area (Å²) in [5.74, 6) is 1.51. The monoisotopic (exact) mass is 212 g/mol. The Morgan fingerprint density at radius 1 is 1.33 bits per heavy atom. The van der Waals surface area contributed by atoms with Crippen molar-refractivity contribution in [3.63, 3.8) is 0 Å². The van der Waals surface area contributed by atoms with Gasteiger partial charge in [-0.2, -0.15) is 0 Å². The SMILES string of the molecule is CCC1CCCCC1C(=O)CCCOC. The summed E-state index contributed by atoms with van der Waals surface area (Å²) in [7, 11) is 1.69. The van der Waals surface area contributed by atoms with E-state index < -0.39 is 0 Å². The zero-order valence-corrected chi connectivity index (χ0v) is 10.1. The van der Waals surface area contributed by atoms with Crippen LogP contribution in [-0.2, 0) is 9.53 Å². The first-order chi connectivity index (χ1) is 7.29. The predicted molar refractivity (Wildman–Crippen MR) is 61.9 cm³/mol. The van der Waals surface area contributed by atoms with E-state index in [1.807, 2.05) is 0 Å². The average molecular weight is 212 g/mol. The molecule has 1 saturated carbocycles. The van der Waals surface area contributed by atoms with E-state index in [-0.39, 0.29) is 0 Å². The van der Waals surface area contributed by atoms with Crippen LogP contribution in [0.4, 0.5) is 0 Å². The van der Waals surface area contributed by atoms with Gasteiger partial charge in [-0.05, 0) is 25.2 Å². The van der Waals surface area contributed by atoms with Crippen molar-refractivity contribution in [3.8, 4) is 0 Å². The van der Waals surface area contributed by atoms with Crippen LogP contribution in [0.15, 0.2) is 0 Å². The van der Waals surface area contributed by atoms with E-state index >= 15 is 0 Å². The van der Waals surface area contributed by atoms with Crippen molar-refractivity contribution in [1.29, 1.82) is 0 Å². The number of methoxy groups -OCH3 is 1. The molecule has 0 saturated heterocycles. The van der Waals surface area contributed by atoms with Crippen molar-refractivity contribution in [2.75, 3.05) is 13.7 Å². The van der Waals surface area contributed by atoms with Gasteiger partial charge in [-0.3, -0.25) is 4.79 Å². The van der Waals surface area contributed by atoms with Gasteiger partial charge < -0.3 is 4.74 Å². The molecule has 15 heavy (non-hydrogen) atoms. The minimum atomic E-state index is 0.362. The molecule has 0 amide bonds. The highest BCUT2D eigenvalue weighted by atomic mass is 16.5. The summed E-state index contributed by atoms with van der Waals surface area (Å²) in [6.45, 7) is 2.93. The second kappa shape index (κ2) is 7.00. The second-order valence-electron chi connectivity index (χ2n) is 4.62. The molecule has 0 heterocycles. The first kappa shape index (κ1) is 12.7. The highest BCUT2D eigenvalue weighted by molar-refractivity contribution is 5.81. The van der Waals surface area contributed by atoms with Gasteiger partial charge in [0.1, 0.15) is 5.78 Å². The highest BCUT2D eigenvalue weighted by Crippen LogP contribution is 2.33. The molecule has 1 rings (SSSR count). The van der Waals surface area contributed by atoms with Crippen LogP contribution in [0.1, 0.15) is 51.9 Å². The number of carbonyl (C=O) groups excluding carboxylic acids is 1. The standard InChI is InChI=1S/C13H24O2/c1-3-11-7-4-5-8-12(11)13(14)9-6-10-15-2/h11-12H,3-10H2,1-2H3. The normalized spacial score (nSPS) is 26.5. The Morgan fingerprint density at radius 3 is 2.73 bits per heavy atom. The fraction of sp³-hybridized carbons (Fsp3) is 0.923. The van der Waals surface area contributed by atoms with E-state index in [1.165, 1.54) is 25.7 Å². The molecule has 0 bridgehead atoms. The van der Waals surface area contributed by atoms with E-state index in [9.17, 15) is 4.79 Å². The van der Waals surface area contributed by atoms with E-state index in [1.54, 1.807) is 7.11 Å². The topological polar surface area (TPSA) is 26.3 Å². The highest BCUT2D eigenvalue weighted by Gasteiger charge is 2.28. The third-order valence-corrected chi connectivity index (χ3v) is 3.62. The lowest BCUT2D eigenvalue weighted by Gasteiger charge is -2.29. The maximum atomic E-state index is 12.0. The Labute approximate surface area is 93.4 Å². The predicted octanol–water partition coefficient (Wildman–Crippen LogP) is 3.20. The van der Waals surface area contributed by atoms with Crippen LogP contribution >= 0.6 is 0 Å². The summed E-state index contributed by atoms with van der Waals surface area (Å²) in [6, 6.07) is 0. The van der Waals surface area contributed by atoms with Crippen LogP contribution in [0.5, 0.6) is 0 Å². The molecule has 0 radical (unpaired) electrons. The van der Waals surface area contributed by atoms with Crippen molar-refractivity contribution in [2.24, 2.45) is 11.8 Å². The van der Waals surface area contributed by atoms with Crippen LogP contribution < -0.4 is 0 Å². The molecule has 0 spiro atoms. The van der Waals surface area contributed by atoms with Gasteiger partial charge >= 0.3 is 0 Å². The van der Waals surface area contributed by atoms with Gasteiger partial charge in [0.05, 0.1) is 0 Å². The van der Waals surface area contributed by atoms with Crippen molar-refractivity contribution in [1.82, 2.24) is 0 Å². The molecule has 2 nitrogen and oxygen atoms in total. The molecular formula is C13H24O2. The molecule has 2 unspecified atom stereocenters. The number of hydrogen-bond acceptors (Lipinski definition) is 2. The minimum absolute atomic E-state index is 0.362. The molecule has 0 N–H and O–H groups in total. The molecular weight excluding hydrogens is 188 g/mol. The van der Waals surface area contributed by atoms with Crippen molar-refractivity contribution in [3.05, 3.63) is 0 Å². The first-order valence-corrected chi connectivity index (χ1v) is 6.31. The molecule has 0 aliphatic heterocycles. The number of rotatable bonds is 6. The maximum absolute atomic E-state index is 12.0. The molecule has 2 heteroatoms. The number of ketones is 1. The number of hydrogen-bond donors (Lipinski definition) is 0. The number of carbonyl (C=O) groups is 1. The van der Waals surface area contributed by atoms with Gasteiger partial charge in [0.25, 0.3) is 0 Å². The molecule has 1 aliphatic carbocycles. The number of ether oxygens (including phenoxy) is 1. The van der Waals surface area contributed by atoms with Gasteiger partial charge in [0.2, 0.25) is 0 Å². The smallest absolute Gasteiger partial charge is 0.136 e. The lowest BCUT2D eigenvalue weighted by molar-refractivity contribution is -0.126. The minimum Gasteiger partial charge on any atom is -0.385 e. The molecule has 0 aromatic carbocycles. The molecule has 0 aromatic heterocycles. The van der Waals surface area contributed by atoms with Gasteiger partial charge in [-0.25, -0.2) is 0 Å². The van der Waals surface area contributed by atoms with E-state index in [0.29, 0.717) is 17.6 Å². The van der Waals surface area contributed by atoms with Crippen LogP contribution in [0.25, 0.3) is 0 Å². The average Bonchev–Trinajstić information content (AvgIpc) is 2.29. The van der Waals surface area contributed by atoms with Crippen molar-refractivity contribution >= 4 is 5.78 Å². The number of Topliss-reactive ketones (excluding diaryl/α,β-unsaturated/α-hetero) is 1. The zero-order chi connectivity index (χ0) is 11.1. The quantitative estimate of drug-likeness (QED) is 0.632. The Balaban J connectivity index is 2.34. The summed E-state index contributed by atoms with van der Waals surface area (Å²) in [4.78, 5) is 12.0. The first-order valence-electron chi connectivity index (χ1n) is 6.31. The Bertz CT molecular complexity index is 189. The van der Waals surface area contributed by atoms with Crippen molar-refractivity contribution < 1.29 is 9.53 Å². The molecule has 2 atom stereocenters. The lowest BCUT2D eigenvalue weighted by atomic mass is 9.75. The zero-order valence-electron chi connectivity index (χ0n) is 10.1. The van der Waals surface area contributed by atoms with Gasteiger partial charge in [0.15, 0.2) is 0 Å². The molecule has 88 valence electrons. The van der Waals surface area contributed by atoms with E-state index in [4.69, 9.17) is 4.74 Å². The lowest BCUT2D eigenvalue weighted by Crippen LogP contribution is -2.26. The van der Waals surface area contributed by atoms with E-state index in [0.717, 1.165) is 25.9 Å². The molecule has 1 aliphatic rings. The van der Waals surface area contributed by atoms with Gasteiger partial charge in [-0.15, -0.1) is 0 Å². The maximum Gasteiger partial charge on any atom is 0.136 e. The third-order valence-electron chi connectivity index (χ3n) is 3.62. The molecule has 1 fully saturated rings. The van der Waals surface area contributed by atoms with E-state index in [2.05, 4.69) is 6.92 Å². The third kappa shape index (κ3) is 3.94. The van der Waals surface area contributed by atoms with Crippen LogP contribution in [0.3, 0.4) is 0 Å². The Morgan fingerprint density at radius 2 is 2.07 bits per heavy atom. The van der Waals surface area contributed by atoms with Crippen LogP contribution in [0, 0.1) is 11.8 Å². The summed E-state index contributed by atoms with van der Waals surface area (Å²) in [5.41, 5.74) is 0. The fourth-order valence-electron chi connectivity index (χ4n) is 2.70. The van der Waals surface area contributed by atoms with Crippen LogP contribution in [0.2, 0.25) is 0 Å². The van der Waals surface area contributed by atoms with Gasteiger partial charge in [0, 0.05) is 26.1 Å². The largest absolute Gasteiger partial charge is 0.385 e. The summed E-state index contributed by atoms with van der Waals surface area (Å²) in [6.07, 6.45) is 7.73. The second-order valence-corrected chi connectivity index (χ2v) is 4.62. The van der Waals surface area contributed by atoms with Crippen LogP contribution in [-0.4, -0.2) is 19.5 Å². The molecule has 0 aromatic rings. The Kier molecular flexibility index (Phi) is 5.92. The van der Waals surface area contributed by atoms with Crippen molar-refractivity contribution in [2.45, 2.75) is 51.9 Å². The summed E-state index contributed by atoms with van der Waals surface area (Å²) < 4.78 is 4.98. The summed E-state index contributed by atoms with van der Waals surface area (Å²) in [5, 5.41) is 0. The fourth-order valence-corrected chi connectivity index (χ4v) is 2.70. The Hall–Kier alpha value is -0.370.